The molecule has 0 bridgehead atoms. The van der Waals surface area contributed by atoms with Gasteiger partial charge in [-0.15, -0.1) is 11.3 Å². The van der Waals surface area contributed by atoms with Crippen molar-refractivity contribution < 1.29 is 14.3 Å². The summed E-state index contributed by atoms with van der Waals surface area (Å²) >= 11 is 1.20. The fourth-order valence-electron chi connectivity index (χ4n) is 2.47. The van der Waals surface area contributed by atoms with E-state index >= 15 is 0 Å². The molecular formula is C19H19N3O4S. The highest BCUT2D eigenvalue weighted by Gasteiger charge is 2.21. The predicted octanol–water partition coefficient (Wildman–Crippen LogP) is 2.86. The fraction of sp³-hybridized carbons (Fsp3) is 0.263. The van der Waals surface area contributed by atoms with E-state index < -0.39 is 5.97 Å². The number of nitrogens with zero attached hydrogens (tertiary/aromatic N) is 3. The van der Waals surface area contributed by atoms with Crippen molar-refractivity contribution in [3.8, 4) is 21.8 Å². The Morgan fingerprint density at radius 1 is 1.19 bits per heavy atom. The first-order valence-electron chi connectivity index (χ1n) is 8.45. The zero-order valence-corrected chi connectivity index (χ0v) is 15.9. The third-order valence-electron chi connectivity index (χ3n) is 3.73. The van der Waals surface area contributed by atoms with Crippen LogP contribution in [0.25, 0.3) is 21.8 Å². The number of benzene rings is 1. The van der Waals surface area contributed by atoms with Crippen LogP contribution in [-0.2, 0) is 16.0 Å². The molecule has 0 aliphatic carbocycles. The van der Waals surface area contributed by atoms with E-state index in [0.29, 0.717) is 29.4 Å². The van der Waals surface area contributed by atoms with Gasteiger partial charge in [-0.05, 0) is 13.0 Å². The maximum Gasteiger partial charge on any atom is 0.367 e. The average molecular weight is 385 g/mol. The third-order valence-corrected chi connectivity index (χ3v) is 4.79. The lowest BCUT2D eigenvalue weighted by molar-refractivity contribution is 0.0526. The number of carbonyl (C=O) groups is 1. The van der Waals surface area contributed by atoms with Gasteiger partial charge in [0.1, 0.15) is 5.69 Å². The monoisotopic (exact) mass is 385 g/mol. The molecule has 0 unspecified atom stereocenters. The van der Waals surface area contributed by atoms with Crippen molar-refractivity contribution in [2.24, 2.45) is 0 Å². The fourth-order valence-corrected chi connectivity index (χ4v) is 3.42. The molecule has 0 N–H and O–H groups in total. The van der Waals surface area contributed by atoms with Crippen LogP contribution in [0.2, 0.25) is 0 Å². The summed E-state index contributed by atoms with van der Waals surface area (Å²) in [7, 11) is 1.57. The third kappa shape index (κ3) is 4.29. The van der Waals surface area contributed by atoms with Crippen LogP contribution in [0.15, 0.2) is 47.3 Å². The Balaban J connectivity index is 2.11. The van der Waals surface area contributed by atoms with E-state index in [0.717, 1.165) is 5.56 Å². The summed E-state index contributed by atoms with van der Waals surface area (Å²) in [6, 6.07) is 12.6. The van der Waals surface area contributed by atoms with Gasteiger partial charge in [0.25, 0.3) is 5.56 Å². The van der Waals surface area contributed by atoms with Crippen molar-refractivity contribution in [3.63, 3.8) is 0 Å². The summed E-state index contributed by atoms with van der Waals surface area (Å²) < 4.78 is 11.5. The molecule has 0 saturated heterocycles. The van der Waals surface area contributed by atoms with Crippen molar-refractivity contribution in [1.29, 1.82) is 0 Å². The highest BCUT2D eigenvalue weighted by molar-refractivity contribution is 7.17. The molecule has 0 aliphatic heterocycles. The summed E-state index contributed by atoms with van der Waals surface area (Å²) in [6.45, 7) is 2.73. The highest BCUT2D eigenvalue weighted by atomic mass is 32.1. The molecule has 0 aliphatic rings. The van der Waals surface area contributed by atoms with Gasteiger partial charge in [-0.3, -0.25) is 4.79 Å². The zero-order chi connectivity index (χ0) is 19.2. The molecule has 2 aromatic heterocycles. The largest absolute Gasteiger partial charge is 0.461 e. The molecule has 3 rings (SSSR count). The van der Waals surface area contributed by atoms with Gasteiger partial charge in [-0.1, -0.05) is 30.3 Å². The standard InChI is InChI=1S/C19H19N3O4S/c1-3-26-19(24)18-20-16(13-7-5-4-6-8-13)17(27-18)14-9-10-15(23)22(21-14)11-12-25-2/h4-10H,3,11-12H2,1-2H3. The van der Waals surface area contributed by atoms with E-state index in [2.05, 4.69) is 10.1 Å². The molecule has 3 aromatic rings. The first kappa shape index (κ1) is 18.9. The first-order chi connectivity index (χ1) is 13.1. The lowest BCUT2D eigenvalue weighted by Gasteiger charge is -2.06. The molecule has 0 amide bonds. The molecule has 2 heterocycles. The number of esters is 1. The Morgan fingerprint density at radius 3 is 2.67 bits per heavy atom. The molecule has 7 nitrogen and oxygen atoms in total. The molecule has 8 heteroatoms. The highest BCUT2D eigenvalue weighted by Crippen LogP contribution is 2.35. The van der Waals surface area contributed by atoms with Gasteiger partial charge in [0.15, 0.2) is 0 Å². The lowest BCUT2D eigenvalue weighted by Crippen LogP contribution is -2.24. The zero-order valence-electron chi connectivity index (χ0n) is 15.0. The molecule has 0 saturated carbocycles. The van der Waals surface area contributed by atoms with E-state index in [4.69, 9.17) is 9.47 Å². The smallest absolute Gasteiger partial charge is 0.367 e. The number of thiazole rings is 1. The minimum atomic E-state index is -0.473. The summed E-state index contributed by atoms with van der Waals surface area (Å²) in [5.41, 5.74) is 1.84. The number of methoxy groups -OCH3 is 1. The molecule has 0 atom stereocenters. The van der Waals surface area contributed by atoms with Crippen LogP contribution in [0.5, 0.6) is 0 Å². The van der Waals surface area contributed by atoms with Crippen LogP contribution in [0, 0.1) is 0 Å². The van der Waals surface area contributed by atoms with Gasteiger partial charge in [-0.25, -0.2) is 14.5 Å². The summed E-state index contributed by atoms with van der Waals surface area (Å²) in [4.78, 5) is 29.4. The van der Waals surface area contributed by atoms with Gasteiger partial charge in [0.2, 0.25) is 5.01 Å². The van der Waals surface area contributed by atoms with E-state index in [1.807, 2.05) is 30.3 Å². The van der Waals surface area contributed by atoms with Gasteiger partial charge in [0, 0.05) is 18.7 Å². The maximum atomic E-state index is 12.2. The number of hydrogen-bond donors (Lipinski definition) is 0. The Bertz CT molecular complexity index is 982. The van der Waals surface area contributed by atoms with E-state index in [9.17, 15) is 9.59 Å². The Kier molecular flexibility index (Phi) is 6.10. The minimum absolute atomic E-state index is 0.216. The normalized spacial score (nSPS) is 10.7. The number of carbonyl (C=O) groups excluding carboxylic acids is 1. The number of rotatable bonds is 7. The number of hydrogen-bond acceptors (Lipinski definition) is 7. The van der Waals surface area contributed by atoms with Gasteiger partial charge >= 0.3 is 5.97 Å². The van der Waals surface area contributed by atoms with Crippen LogP contribution >= 0.6 is 11.3 Å². The molecule has 0 radical (unpaired) electrons. The van der Waals surface area contributed by atoms with Crippen molar-refractivity contribution in [2.75, 3.05) is 20.3 Å². The summed E-state index contributed by atoms with van der Waals surface area (Å²) in [6.07, 6.45) is 0. The quantitative estimate of drug-likeness (QED) is 0.582. The SMILES string of the molecule is CCOC(=O)c1nc(-c2ccccc2)c(-c2ccc(=O)n(CCOC)n2)s1. The van der Waals surface area contributed by atoms with Crippen LogP contribution in [0.4, 0.5) is 0 Å². The molecular weight excluding hydrogens is 366 g/mol. The van der Waals surface area contributed by atoms with Crippen molar-refractivity contribution in [2.45, 2.75) is 13.5 Å². The Hall–Kier alpha value is -2.84. The van der Waals surface area contributed by atoms with E-state index in [-0.39, 0.29) is 17.2 Å². The van der Waals surface area contributed by atoms with E-state index in [1.165, 1.54) is 22.1 Å². The average Bonchev–Trinajstić information content (AvgIpc) is 3.14. The molecule has 0 spiro atoms. The van der Waals surface area contributed by atoms with Crippen LogP contribution in [0.3, 0.4) is 0 Å². The molecule has 0 fully saturated rings. The second-order valence-corrected chi connectivity index (χ2v) is 6.56. The molecule has 140 valence electrons. The topological polar surface area (TPSA) is 83.3 Å². The minimum Gasteiger partial charge on any atom is -0.461 e. The van der Waals surface area contributed by atoms with Crippen molar-refractivity contribution >= 4 is 17.3 Å². The molecule has 27 heavy (non-hydrogen) atoms. The molecule has 1 aromatic carbocycles. The maximum absolute atomic E-state index is 12.2. The Morgan fingerprint density at radius 2 is 1.96 bits per heavy atom. The first-order valence-corrected chi connectivity index (χ1v) is 9.26. The number of ether oxygens (including phenoxy) is 2. The number of aromatic nitrogens is 3. The lowest BCUT2D eigenvalue weighted by atomic mass is 10.1. The van der Waals surface area contributed by atoms with E-state index in [1.54, 1.807) is 20.1 Å². The van der Waals surface area contributed by atoms with Crippen LogP contribution < -0.4 is 5.56 Å². The van der Waals surface area contributed by atoms with Crippen LogP contribution in [0.1, 0.15) is 16.7 Å². The van der Waals surface area contributed by atoms with Crippen LogP contribution in [-0.4, -0.2) is 41.1 Å². The van der Waals surface area contributed by atoms with Crippen molar-refractivity contribution in [3.05, 3.63) is 57.8 Å². The van der Waals surface area contributed by atoms with Gasteiger partial charge in [-0.2, -0.15) is 5.10 Å². The summed E-state index contributed by atoms with van der Waals surface area (Å²) in [5, 5.41) is 4.68. The second-order valence-electron chi connectivity index (χ2n) is 5.56. The summed E-state index contributed by atoms with van der Waals surface area (Å²) in [5.74, 6) is -0.473. The predicted molar refractivity (Wildman–Crippen MR) is 103 cm³/mol. The van der Waals surface area contributed by atoms with Gasteiger partial charge in [0.05, 0.1) is 30.3 Å². The Labute approximate surface area is 160 Å². The van der Waals surface area contributed by atoms with Crippen molar-refractivity contribution in [1.82, 2.24) is 14.8 Å². The van der Waals surface area contributed by atoms with Gasteiger partial charge < -0.3 is 9.47 Å². The second kappa shape index (κ2) is 8.70.